The minimum Gasteiger partial charge on any atom is -0.478 e. The summed E-state index contributed by atoms with van der Waals surface area (Å²) in [5, 5.41) is 23.6. The van der Waals surface area contributed by atoms with Gasteiger partial charge >= 0.3 is 5.97 Å². The standard InChI is InChI=1S/C44H64N2O4/c1-28(2)31-17-22-44(27-45-25-8-26-46-36(47)15-16-37(46)48)24-23-42(6)33(38(31)44)13-14-35-41(5)20-18-32(29-9-11-30(12-10-29)39(49)50)40(3,4)34(41)19-21-43(35,42)7/h9-12,18,31,33-36,38,45,47H,1,8,13-17,19-27H2,2-7H3,(H,49,50). The topological polar surface area (TPSA) is 89.9 Å². The van der Waals surface area contributed by atoms with E-state index in [2.05, 4.69) is 59.5 Å². The number of carboxylic acids is 1. The molecule has 5 fully saturated rings. The van der Waals surface area contributed by atoms with Crippen LogP contribution in [0.2, 0.25) is 0 Å². The van der Waals surface area contributed by atoms with Gasteiger partial charge in [-0.1, -0.05) is 65.0 Å². The predicted octanol–water partition coefficient (Wildman–Crippen LogP) is 8.96. The van der Waals surface area contributed by atoms with Crippen LogP contribution in [0.5, 0.6) is 0 Å². The molecule has 7 rings (SSSR count). The van der Waals surface area contributed by atoms with Crippen LogP contribution in [0.25, 0.3) is 5.57 Å². The monoisotopic (exact) mass is 684 g/mol. The molecule has 1 aromatic rings. The van der Waals surface area contributed by atoms with Crippen LogP contribution in [0.15, 0.2) is 42.5 Å². The molecule has 4 saturated carbocycles. The average Bonchev–Trinajstić information content (AvgIpc) is 3.60. The quantitative estimate of drug-likeness (QED) is 0.179. The van der Waals surface area contributed by atoms with E-state index < -0.39 is 12.2 Å². The van der Waals surface area contributed by atoms with Crippen molar-refractivity contribution in [1.29, 1.82) is 0 Å². The fraction of sp³-hybridized carbons (Fsp3) is 0.727. The van der Waals surface area contributed by atoms with E-state index >= 15 is 0 Å². The van der Waals surface area contributed by atoms with E-state index in [-0.39, 0.29) is 22.2 Å². The summed E-state index contributed by atoms with van der Waals surface area (Å²) in [4.78, 5) is 25.4. The number of fused-ring (bicyclic) bond motifs is 7. The molecule has 50 heavy (non-hydrogen) atoms. The van der Waals surface area contributed by atoms with Crippen LogP contribution in [-0.2, 0) is 4.79 Å². The average molecular weight is 685 g/mol. The number of nitrogens with zero attached hydrogens (tertiary/aromatic N) is 1. The molecule has 0 spiro atoms. The first-order valence-corrected chi connectivity index (χ1v) is 20.0. The number of carbonyl (C=O) groups is 2. The Hall–Kier alpha value is -2.44. The zero-order valence-electron chi connectivity index (χ0n) is 31.8. The molecule has 6 heteroatoms. The maximum Gasteiger partial charge on any atom is 0.335 e. The Kier molecular flexibility index (Phi) is 9.06. The van der Waals surface area contributed by atoms with Crippen LogP contribution in [-0.4, -0.2) is 52.9 Å². The van der Waals surface area contributed by atoms with Gasteiger partial charge in [0.15, 0.2) is 0 Å². The molecule has 0 aromatic heterocycles. The Bertz CT molecular complexity index is 1550. The lowest BCUT2D eigenvalue weighted by atomic mass is 9.32. The summed E-state index contributed by atoms with van der Waals surface area (Å²) in [6.45, 7) is 22.5. The Morgan fingerprint density at radius 3 is 2.34 bits per heavy atom. The highest BCUT2D eigenvalue weighted by Gasteiger charge is 2.70. The number of allylic oxidation sites excluding steroid dienone is 3. The summed E-state index contributed by atoms with van der Waals surface area (Å²) in [6, 6.07) is 7.59. The molecule has 10 atom stereocenters. The lowest BCUT2D eigenvalue weighted by Crippen LogP contribution is -2.65. The number of aromatic carboxylic acids is 1. The lowest BCUT2D eigenvalue weighted by molar-refractivity contribution is -0.225. The van der Waals surface area contributed by atoms with Gasteiger partial charge in [-0.15, -0.1) is 0 Å². The first kappa shape index (κ1) is 35.9. The summed E-state index contributed by atoms with van der Waals surface area (Å²) in [7, 11) is 0. The van der Waals surface area contributed by atoms with E-state index in [1.54, 1.807) is 17.0 Å². The Morgan fingerprint density at radius 1 is 0.940 bits per heavy atom. The molecule has 3 N–H and O–H groups in total. The highest BCUT2D eigenvalue weighted by atomic mass is 16.4. The SMILES string of the molecule is C=C(C)C1CCC2(CNCCCN3C(=O)CCC3O)CCC3(C)C(CCC4C5(C)CC=C(c6ccc(C(=O)O)cc6)C(C)(C)C5CCC43C)C12. The largest absolute Gasteiger partial charge is 0.478 e. The number of aliphatic hydroxyl groups excluding tert-OH is 1. The number of hydrogen-bond donors (Lipinski definition) is 3. The minimum atomic E-state index is -0.867. The number of rotatable bonds is 9. The second-order valence-electron chi connectivity index (χ2n) is 19.1. The van der Waals surface area contributed by atoms with Crippen molar-refractivity contribution in [2.45, 2.75) is 125 Å². The summed E-state index contributed by atoms with van der Waals surface area (Å²) < 4.78 is 0. The van der Waals surface area contributed by atoms with Gasteiger partial charge in [-0.3, -0.25) is 4.79 Å². The van der Waals surface area contributed by atoms with Crippen LogP contribution in [0.4, 0.5) is 0 Å². The lowest BCUT2D eigenvalue weighted by Gasteiger charge is -2.72. The van der Waals surface area contributed by atoms with Gasteiger partial charge in [0, 0.05) is 25.9 Å². The zero-order valence-corrected chi connectivity index (χ0v) is 31.8. The third-order valence-corrected chi connectivity index (χ3v) is 16.8. The maximum absolute atomic E-state index is 12.2. The van der Waals surface area contributed by atoms with Crippen molar-refractivity contribution in [2.24, 2.45) is 56.7 Å². The third-order valence-electron chi connectivity index (χ3n) is 16.8. The Balaban J connectivity index is 1.12. The molecule has 1 heterocycles. The third kappa shape index (κ3) is 5.31. The molecule has 1 saturated heterocycles. The minimum absolute atomic E-state index is 0.0147. The molecule has 274 valence electrons. The number of carbonyl (C=O) groups excluding carboxylic acids is 1. The molecule has 10 unspecified atom stereocenters. The number of nitrogens with one attached hydrogen (secondary N) is 1. The van der Waals surface area contributed by atoms with Crippen LogP contribution in [0, 0.1) is 56.7 Å². The second kappa shape index (κ2) is 12.6. The fourth-order valence-corrected chi connectivity index (χ4v) is 14.2. The van der Waals surface area contributed by atoms with Crippen LogP contribution in [0.3, 0.4) is 0 Å². The van der Waals surface area contributed by atoms with Crippen LogP contribution < -0.4 is 5.32 Å². The van der Waals surface area contributed by atoms with Gasteiger partial charge in [-0.2, -0.15) is 0 Å². The van der Waals surface area contributed by atoms with Gasteiger partial charge in [0.1, 0.15) is 6.23 Å². The number of aliphatic hydroxyl groups is 1. The Labute approximate surface area is 301 Å². The normalized spacial score (nSPS) is 41.9. The smallest absolute Gasteiger partial charge is 0.335 e. The number of carboxylic acid groups (broad SMARTS) is 1. The van der Waals surface area contributed by atoms with E-state index in [0.717, 1.165) is 25.9 Å². The first-order valence-electron chi connectivity index (χ1n) is 20.0. The summed E-state index contributed by atoms with van der Waals surface area (Å²) in [5.41, 5.74) is 5.45. The van der Waals surface area contributed by atoms with Gasteiger partial charge < -0.3 is 20.4 Å². The number of amides is 1. The highest BCUT2D eigenvalue weighted by molar-refractivity contribution is 5.88. The van der Waals surface area contributed by atoms with Crippen molar-refractivity contribution in [1.82, 2.24) is 10.2 Å². The van der Waals surface area contributed by atoms with Crippen LogP contribution >= 0.6 is 0 Å². The van der Waals surface area contributed by atoms with E-state index in [4.69, 9.17) is 0 Å². The molecular formula is C44H64N2O4. The fourth-order valence-electron chi connectivity index (χ4n) is 14.2. The Morgan fingerprint density at radius 2 is 1.68 bits per heavy atom. The van der Waals surface area contributed by atoms with Crippen molar-refractivity contribution < 1.29 is 19.8 Å². The van der Waals surface area contributed by atoms with Crippen molar-refractivity contribution in [3.05, 3.63) is 53.6 Å². The van der Waals surface area contributed by atoms with Gasteiger partial charge in [0.05, 0.1) is 5.56 Å². The van der Waals surface area contributed by atoms with E-state index in [0.29, 0.717) is 65.4 Å². The van der Waals surface area contributed by atoms with Crippen LogP contribution in [0.1, 0.15) is 135 Å². The van der Waals surface area contributed by atoms with Crippen molar-refractivity contribution >= 4 is 17.4 Å². The number of hydrogen-bond acceptors (Lipinski definition) is 4. The molecule has 1 aromatic carbocycles. The highest BCUT2D eigenvalue weighted by Crippen LogP contribution is 2.77. The van der Waals surface area contributed by atoms with Gasteiger partial charge in [0.2, 0.25) is 5.91 Å². The zero-order chi connectivity index (χ0) is 35.9. The van der Waals surface area contributed by atoms with Gasteiger partial charge in [-0.05, 0) is 158 Å². The van der Waals surface area contributed by atoms with Crippen molar-refractivity contribution in [3.8, 4) is 0 Å². The molecule has 5 aliphatic carbocycles. The predicted molar refractivity (Wildman–Crippen MR) is 200 cm³/mol. The molecule has 0 bridgehead atoms. The summed E-state index contributed by atoms with van der Waals surface area (Å²) >= 11 is 0. The van der Waals surface area contributed by atoms with E-state index in [1.165, 1.54) is 68.1 Å². The van der Waals surface area contributed by atoms with Gasteiger partial charge in [0.25, 0.3) is 0 Å². The number of benzene rings is 1. The van der Waals surface area contributed by atoms with Gasteiger partial charge in [-0.25, -0.2) is 4.79 Å². The molecule has 1 amide bonds. The maximum atomic E-state index is 12.2. The molecule has 1 aliphatic heterocycles. The van der Waals surface area contributed by atoms with E-state index in [9.17, 15) is 19.8 Å². The first-order chi connectivity index (χ1) is 23.6. The summed E-state index contributed by atoms with van der Waals surface area (Å²) in [5.74, 6) is 2.46. The second-order valence-corrected chi connectivity index (χ2v) is 19.1. The summed E-state index contributed by atoms with van der Waals surface area (Å²) in [6.07, 6.45) is 15.3. The molecule has 0 radical (unpaired) electrons. The van der Waals surface area contributed by atoms with Crippen molar-refractivity contribution in [3.63, 3.8) is 0 Å². The van der Waals surface area contributed by atoms with Crippen molar-refractivity contribution in [2.75, 3.05) is 19.6 Å². The van der Waals surface area contributed by atoms with E-state index in [1.807, 2.05) is 12.1 Å². The molecule has 6 nitrogen and oxygen atoms in total. The molecule has 6 aliphatic rings. The molecular weight excluding hydrogens is 620 g/mol. The number of likely N-dealkylation sites (tertiary alicyclic amines) is 1.